The molecule has 0 fully saturated rings. The predicted molar refractivity (Wildman–Crippen MR) is 75.8 cm³/mol. The van der Waals surface area contributed by atoms with E-state index in [-0.39, 0.29) is 38.3 Å². The van der Waals surface area contributed by atoms with Gasteiger partial charge >= 0.3 is 38.3 Å². The van der Waals surface area contributed by atoms with E-state index in [9.17, 15) is 0 Å². The van der Waals surface area contributed by atoms with Crippen LogP contribution in [0.4, 0.5) is 0 Å². The van der Waals surface area contributed by atoms with E-state index >= 15 is 0 Å². The molecule has 3 aromatic rings. The summed E-state index contributed by atoms with van der Waals surface area (Å²) in [5.74, 6) is 0. The van der Waals surface area contributed by atoms with Crippen LogP contribution in [0, 0.1) is 18.2 Å². The summed E-state index contributed by atoms with van der Waals surface area (Å²) in [4.78, 5) is 0. The Morgan fingerprint density at radius 2 is 0.550 bits per heavy atom. The number of hydrogen-bond acceptors (Lipinski definition) is 0. The largest absolute Gasteiger partial charge is 2.00 e. The van der Waals surface area contributed by atoms with Crippen LogP contribution in [0.3, 0.4) is 0 Å². The number of benzene rings is 3. The van der Waals surface area contributed by atoms with Crippen molar-refractivity contribution >= 4 is 0 Å². The first kappa shape index (κ1) is 21.2. The first-order valence-corrected chi connectivity index (χ1v) is 5.73. The Morgan fingerprint density at radius 3 is 0.600 bits per heavy atom. The number of hydrogen-bond donors (Lipinski definition) is 0. The van der Waals surface area contributed by atoms with Gasteiger partial charge in [0.2, 0.25) is 0 Å². The second-order valence-corrected chi connectivity index (χ2v) is 3.23. The van der Waals surface area contributed by atoms with Crippen molar-refractivity contribution in [1.29, 1.82) is 0 Å². The molecule has 0 spiro atoms. The fourth-order valence-electron chi connectivity index (χ4n) is 1.03. The standard InChI is InChI=1S/3C6H5.Li.Zn/c3*1-2-4-6-5-3-1;;/h3*1-5H;;/q3*-1;+1;+2. The molecule has 0 nitrogen and oxygen atoms in total. The summed E-state index contributed by atoms with van der Waals surface area (Å²) < 4.78 is 0. The van der Waals surface area contributed by atoms with Gasteiger partial charge in [-0.15, -0.1) is 0 Å². The molecule has 0 saturated heterocycles. The maximum atomic E-state index is 2.89. The van der Waals surface area contributed by atoms with Crippen LogP contribution in [0.15, 0.2) is 91.0 Å². The fourth-order valence-corrected chi connectivity index (χ4v) is 1.03. The summed E-state index contributed by atoms with van der Waals surface area (Å²) in [6.07, 6.45) is 0. The Bertz CT molecular complexity index is 302. The summed E-state index contributed by atoms with van der Waals surface area (Å²) in [5.41, 5.74) is 0. The molecular weight excluding hydrogens is 289 g/mol. The molecule has 0 amide bonds. The van der Waals surface area contributed by atoms with Crippen molar-refractivity contribution in [3.05, 3.63) is 109 Å². The third-order valence-corrected chi connectivity index (χ3v) is 1.82. The molecule has 2 heteroatoms. The third-order valence-electron chi connectivity index (χ3n) is 1.82. The Morgan fingerprint density at radius 1 is 0.350 bits per heavy atom. The van der Waals surface area contributed by atoms with Gasteiger partial charge < -0.3 is 0 Å². The van der Waals surface area contributed by atoms with Crippen molar-refractivity contribution in [1.82, 2.24) is 0 Å². The van der Waals surface area contributed by atoms with Gasteiger partial charge in [0.25, 0.3) is 0 Å². The molecule has 0 aliphatic heterocycles. The van der Waals surface area contributed by atoms with Gasteiger partial charge in [-0.2, -0.15) is 109 Å². The van der Waals surface area contributed by atoms with Crippen molar-refractivity contribution < 1.29 is 38.3 Å². The Kier molecular flexibility index (Phi) is 18.9. The molecule has 0 radical (unpaired) electrons. The van der Waals surface area contributed by atoms with Crippen LogP contribution in [0.5, 0.6) is 0 Å². The van der Waals surface area contributed by atoms with Gasteiger partial charge in [-0.1, -0.05) is 0 Å². The SMILES string of the molecule is [Li+].[Zn+2].[c-]1ccccc1.[c-]1ccccc1.[c-]1ccccc1. The van der Waals surface area contributed by atoms with Gasteiger partial charge in [0.05, 0.1) is 0 Å². The average molecular weight is 304 g/mol. The fraction of sp³-hybridized carbons (Fsp3) is 0. The van der Waals surface area contributed by atoms with Gasteiger partial charge in [-0.05, 0) is 0 Å². The third kappa shape index (κ3) is 14.9. The zero-order chi connectivity index (χ0) is 12.7. The first-order chi connectivity index (χ1) is 9.00. The second kappa shape index (κ2) is 17.9. The smallest absolute Gasteiger partial charge is 0.184 e. The van der Waals surface area contributed by atoms with E-state index in [1.54, 1.807) is 0 Å². The van der Waals surface area contributed by atoms with Crippen LogP contribution in [-0.2, 0) is 19.5 Å². The second-order valence-electron chi connectivity index (χ2n) is 3.23. The molecular formula is C18H15LiZn. The Labute approximate surface area is 147 Å². The van der Waals surface area contributed by atoms with Crippen molar-refractivity contribution in [2.75, 3.05) is 0 Å². The van der Waals surface area contributed by atoms with Crippen molar-refractivity contribution in [3.63, 3.8) is 0 Å². The minimum absolute atomic E-state index is 0. The van der Waals surface area contributed by atoms with Crippen molar-refractivity contribution in [3.8, 4) is 0 Å². The van der Waals surface area contributed by atoms with E-state index in [1.807, 2.05) is 91.0 Å². The molecule has 20 heavy (non-hydrogen) atoms. The van der Waals surface area contributed by atoms with Crippen LogP contribution < -0.4 is 18.9 Å². The minimum atomic E-state index is 0. The summed E-state index contributed by atoms with van der Waals surface area (Å²) in [6.45, 7) is 0. The minimum Gasteiger partial charge on any atom is -0.184 e. The predicted octanol–water partition coefficient (Wildman–Crippen LogP) is 1.46. The van der Waals surface area contributed by atoms with E-state index < -0.39 is 0 Å². The normalized spacial score (nSPS) is 7.20. The quantitative estimate of drug-likeness (QED) is 0.436. The van der Waals surface area contributed by atoms with Crippen LogP contribution in [-0.4, -0.2) is 0 Å². The summed E-state index contributed by atoms with van der Waals surface area (Å²) >= 11 is 0. The van der Waals surface area contributed by atoms with E-state index in [2.05, 4.69) is 18.2 Å². The maximum Gasteiger partial charge on any atom is 2.00 e. The first-order valence-electron chi connectivity index (χ1n) is 5.73. The van der Waals surface area contributed by atoms with Gasteiger partial charge in [0.1, 0.15) is 0 Å². The maximum absolute atomic E-state index is 2.89. The molecule has 0 N–H and O–H groups in total. The topological polar surface area (TPSA) is 0 Å². The molecule has 90 valence electrons. The van der Waals surface area contributed by atoms with Crippen molar-refractivity contribution in [2.45, 2.75) is 0 Å². The van der Waals surface area contributed by atoms with Crippen LogP contribution in [0.1, 0.15) is 0 Å². The Balaban J connectivity index is 0. The Hall–Kier alpha value is -1.12. The van der Waals surface area contributed by atoms with Crippen LogP contribution in [0.25, 0.3) is 0 Å². The molecule has 0 aliphatic rings. The van der Waals surface area contributed by atoms with Gasteiger partial charge in [0.15, 0.2) is 0 Å². The molecule has 0 aromatic heterocycles. The monoisotopic (exact) mass is 302 g/mol. The zero-order valence-corrected chi connectivity index (χ0v) is 14.8. The molecule has 0 heterocycles. The van der Waals surface area contributed by atoms with Gasteiger partial charge in [-0.3, -0.25) is 0 Å². The zero-order valence-electron chi connectivity index (χ0n) is 11.9. The molecule has 0 bridgehead atoms. The van der Waals surface area contributed by atoms with Crippen molar-refractivity contribution in [2.24, 2.45) is 0 Å². The molecule has 0 atom stereocenters. The van der Waals surface area contributed by atoms with E-state index in [1.165, 1.54) is 0 Å². The molecule has 0 unspecified atom stereocenters. The van der Waals surface area contributed by atoms with Crippen LogP contribution >= 0.6 is 0 Å². The number of rotatable bonds is 0. The molecule has 3 rings (SSSR count). The summed E-state index contributed by atoms with van der Waals surface area (Å²) in [5, 5.41) is 0. The van der Waals surface area contributed by atoms with E-state index in [0.29, 0.717) is 0 Å². The molecule has 3 aromatic carbocycles. The summed E-state index contributed by atoms with van der Waals surface area (Å²) in [6, 6.07) is 37.5. The molecule has 0 aliphatic carbocycles. The van der Waals surface area contributed by atoms with E-state index in [0.717, 1.165) is 0 Å². The van der Waals surface area contributed by atoms with Gasteiger partial charge in [0, 0.05) is 0 Å². The average Bonchev–Trinajstić information content (AvgIpc) is 2.54. The summed E-state index contributed by atoms with van der Waals surface area (Å²) in [7, 11) is 0. The van der Waals surface area contributed by atoms with Crippen LogP contribution in [0.2, 0.25) is 0 Å². The molecule has 0 saturated carbocycles. The van der Waals surface area contributed by atoms with Gasteiger partial charge in [-0.25, -0.2) is 0 Å². The van der Waals surface area contributed by atoms with E-state index in [4.69, 9.17) is 0 Å².